The Kier molecular flexibility index (Phi) is 6.31. The van der Waals surface area contributed by atoms with E-state index in [-0.39, 0.29) is 16.2 Å². The van der Waals surface area contributed by atoms with Crippen molar-refractivity contribution in [1.82, 2.24) is 0 Å². The van der Waals surface area contributed by atoms with Gasteiger partial charge in [-0.15, -0.1) is 23.5 Å². The molecule has 134 valence electrons. The molecule has 1 aliphatic carbocycles. The van der Waals surface area contributed by atoms with Crippen molar-refractivity contribution in [2.75, 3.05) is 18.6 Å². The first-order valence-electron chi connectivity index (χ1n) is 8.59. The van der Waals surface area contributed by atoms with Crippen molar-refractivity contribution in [2.24, 2.45) is 0 Å². The van der Waals surface area contributed by atoms with Gasteiger partial charge in [-0.25, -0.2) is 4.79 Å². The van der Waals surface area contributed by atoms with Crippen LogP contribution in [-0.2, 0) is 14.3 Å². The molecule has 3 nitrogen and oxygen atoms in total. The van der Waals surface area contributed by atoms with Gasteiger partial charge < -0.3 is 9.47 Å². The SMILES string of the molecule is C=CC1=C[C@H](OC(=O)[C@@H](OC)c2ccccc2)CCC12SCCCS2. The van der Waals surface area contributed by atoms with Crippen LogP contribution in [0.15, 0.2) is 54.6 Å². The van der Waals surface area contributed by atoms with Crippen molar-refractivity contribution in [3.05, 3.63) is 60.2 Å². The molecule has 0 amide bonds. The van der Waals surface area contributed by atoms with E-state index in [1.54, 1.807) is 0 Å². The highest BCUT2D eigenvalue weighted by atomic mass is 32.2. The monoisotopic (exact) mass is 376 g/mol. The third-order valence-electron chi connectivity index (χ3n) is 4.56. The molecule has 0 aromatic heterocycles. The van der Waals surface area contributed by atoms with Gasteiger partial charge in [-0.1, -0.05) is 43.0 Å². The minimum Gasteiger partial charge on any atom is -0.456 e. The number of hydrogen-bond donors (Lipinski definition) is 0. The fourth-order valence-electron chi connectivity index (χ4n) is 3.30. The lowest BCUT2D eigenvalue weighted by Crippen LogP contribution is -2.35. The van der Waals surface area contributed by atoms with Crippen molar-refractivity contribution >= 4 is 29.5 Å². The molecule has 2 atom stereocenters. The van der Waals surface area contributed by atoms with Crippen LogP contribution in [0.4, 0.5) is 0 Å². The summed E-state index contributed by atoms with van der Waals surface area (Å²) in [6.45, 7) is 3.99. The zero-order chi connectivity index (χ0) is 17.7. The minimum atomic E-state index is -0.684. The number of rotatable bonds is 5. The molecule has 3 rings (SSSR count). The lowest BCUT2D eigenvalue weighted by Gasteiger charge is -2.41. The summed E-state index contributed by atoms with van der Waals surface area (Å²) in [4.78, 5) is 12.6. The highest BCUT2D eigenvalue weighted by Gasteiger charge is 2.40. The van der Waals surface area contributed by atoms with E-state index in [1.165, 1.54) is 30.6 Å². The molecule has 5 heteroatoms. The topological polar surface area (TPSA) is 35.5 Å². The summed E-state index contributed by atoms with van der Waals surface area (Å²) in [6.07, 6.45) is 6.21. The Bertz CT molecular complexity index is 636. The molecule has 1 saturated heterocycles. The average Bonchev–Trinajstić information content (AvgIpc) is 2.65. The molecular formula is C20H24O3S2. The molecule has 1 spiro atoms. The number of hydrogen-bond acceptors (Lipinski definition) is 5. The Morgan fingerprint density at radius 3 is 2.68 bits per heavy atom. The van der Waals surface area contributed by atoms with Gasteiger partial charge in [0.2, 0.25) is 0 Å². The molecular weight excluding hydrogens is 352 g/mol. The van der Waals surface area contributed by atoms with E-state index >= 15 is 0 Å². The second-order valence-corrected chi connectivity index (χ2v) is 9.22. The zero-order valence-corrected chi connectivity index (χ0v) is 16.1. The predicted octanol–water partition coefficient (Wildman–Crippen LogP) is 4.76. The molecule has 1 heterocycles. The summed E-state index contributed by atoms with van der Waals surface area (Å²) in [7, 11) is 1.54. The predicted molar refractivity (Wildman–Crippen MR) is 106 cm³/mol. The van der Waals surface area contributed by atoms with E-state index in [0.29, 0.717) is 0 Å². The van der Waals surface area contributed by atoms with E-state index in [1.807, 2.05) is 59.9 Å². The summed E-state index contributed by atoms with van der Waals surface area (Å²) in [5.41, 5.74) is 2.01. The molecule has 0 N–H and O–H groups in total. The van der Waals surface area contributed by atoms with Gasteiger partial charge in [0.25, 0.3) is 0 Å². The molecule has 0 radical (unpaired) electrons. The molecule has 1 aromatic carbocycles. The van der Waals surface area contributed by atoms with Gasteiger partial charge in [-0.05, 0) is 48.0 Å². The summed E-state index contributed by atoms with van der Waals surface area (Å²) < 4.78 is 11.2. The number of methoxy groups -OCH3 is 1. The van der Waals surface area contributed by atoms with Crippen LogP contribution in [0.25, 0.3) is 0 Å². The van der Waals surface area contributed by atoms with Crippen molar-refractivity contribution in [3.8, 4) is 0 Å². The Labute approximate surface area is 158 Å². The summed E-state index contributed by atoms with van der Waals surface area (Å²) in [6, 6.07) is 9.47. The van der Waals surface area contributed by atoms with Crippen LogP contribution in [-0.4, -0.2) is 34.8 Å². The highest BCUT2D eigenvalue weighted by Crippen LogP contribution is 2.53. The molecule has 0 unspecified atom stereocenters. The lowest BCUT2D eigenvalue weighted by atomic mass is 9.96. The Hall–Kier alpha value is -1.17. The van der Waals surface area contributed by atoms with Crippen molar-refractivity contribution in [1.29, 1.82) is 0 Å². The maximum absolute atomic E-state index is 12.6. The minimum absolute atomic E-state index is 0.100. The first kappa shape index (κ1) is 18.6. The fraction of sp³-hybridized carbons (Fsp3) is 0.450. The lowest BCUT2D eigenvalue weighted by molar-refractivity contribution is -0.159. The summed E-state index contributed by atoms with van der Waals surface area (Å²) >= 11 is 4.01. The zero-order valence-electron chi connectivity index (χ0n) is 14.5. The van der Waals surface area contributed by atoms with Crippen LogP contribution in [0.1, 0.15) is 30.9 Å². The molecule has 1 aliphatic heterocycles. The Balaban J connectivity index is 1.71. The first-order valence-corrected chi connectivity index (χ1v) is 10.6. The van der Waals surface area contributed by atoms with Gasteiger partial charge in [0.15, 0.2) is 6.10 Å². The van der Waals surface area contributed by atoms with Gasteiger partial charge >= 0.3 is 5.97 Å². The number of carbonyl (C=O) groups excluding carboxylic acids is 1. The van der Waals surface area contributed by atoms with Crippen LogP contribution >= 0.6 is 23.5 Å². The van der Waals surface area contributed by atoms with Crippen LogP contribution in [0.2, 0.25) is 0 Å². The maximum Gasteiger partial charge on any atom is 0.340 e. The Morgan fingerprint density at radius 2 is 2.04 bits per heavy atom. The van der Waals surface area contributed by atoms with Gasteiger partial charge in [0, 0.05) is 7.11 Å². The van der Waals surface area contributed by atoms with Crippen LogP contribution in [0.5, 0.6) is 0 Å². The number of esters is 1. The highest BCUT2D eigenvalue weighted by molar-refractivity contribution is 8.19. The number of ether oxygens (including phenoxy) is 2. The summed E-state index contributed by atoms with van der Waals surface area (Å²) in [5, 5.41) is 0. The smallest absolute Gasteiger partial charge is 0.340 e. The average molecular weight is 377 g/mol. The number of benzene rings is 1. The van der Waals surface area contributed by atoms with E-state index < -0.39 is 6.10 Å². The first-order chi connectivity index (χ1) is 12.2. The largest absolute Gasteiger partial charge is 0.456 e. The van der Waals surface area contributed by atoms with E-state index in [0.717, 1.165) is 18.4 Å². The normalized spacial score (nSPS) is 23.6. The third kappa shape index (κ3) is 4.15. The molecule has 0 bridgehead atoms. The number of allylic oxidation sites excluding steroid dienone is 1. The van der Waals surface area contributed by atoms with Crippen molar-refractivity contribution in [3.63, 3.8) is 0 Å². The van der Waals surface area contributed by atoms with Gasteiger partial charge in [-0.3, -0.25) is 0 Å². The van der Waals surface area contributed by atoms with Crippen LogP contribution < -0.4 is 0 Å². The van der Waals surface area contributed by atoms with Gasteiger partial charge in [0.1, 0.15) is 6.10 Å². The fourth-order valence-corrected chi connectivity index (χ4v) is 6.71. The van der Waals surface area contributed by atoms with Crippen molar-refractivity contribution in [2.45, 2.75) is 35.5 Å². The molecule has 1 aromatic rings. The number of thioether (sulfide) groups is 2. The quantitative estimate of drug-likeness (QED) is 0.693. The summed E-state index contributed by atoms with van der Waals surface area (Å²) in [5.74, 6) is 2.03. The van der Waals surface area contributed by atoms with Crippen LogP contribution in [0, 0.1) is 0 Å². The third-order valence-corrected chi connectivity index (χ3v) is 8.07. The second-order valence-electron chi connectivity index (χ2n) is 6.17. The van der Waals surface area contributed by atoms with Crippen LogP contribution in [0.3, 0.4) is 0 Å². The number of carbonyl (C=O) groups is 1. The van der Waals surface area contributed by atoms with Gasteiger partial charge in [0.05, 0.1) is 4.08 Å². The van der Waals surface area contributed by atoms with E-state index in [4.69, 9.17) is 9.47 Å². The van der Waals surface area contributed by atoms with Gasteiger partial charge in [-0.2, -0.15) is 0 Å². The Morgan fingerprint density at radius 1 is 1.32 bits per heavy atom. The van der Waals surface area contributed by atoms with E-state index in [9.17, 15) is 4.79 Å². The molecule has 1 fully saturated rings. The second kappa shape index (κ2) is 8.47. The maximum atomic E-state index is 12.6. The molecule has 2 aliphatic rings. The standard InChI is InChI=1S/C20H24O3S2/c1-3-16-14-17(10-11-20(16)24-12-7-13-25-20)23-19(21)18(22-2)15-8-5-4-6-9-15/h3-6,8-9,14,17-18H,1,7,10-13H2,2H3/t17-,18+/m1/s1. The molecule has 0 saturated carbocycles. The molecule has 25 heavy (non-hydrogen) atoms. The van der Waals surface area contributed by atoms with Crippen molar-refractivity contribution < 1.29 is 14.3 Å². The van der Waals surface area contributed by atoms with E-state index in [2.05, 4.69) is 12.7 Å².